The zero-order chi connectivity index (χ0) is 22.8. The second-order valence-electron chi connectivity index (χ2n) is 7.36. The van der Waals surface area contributed by atoms with Gasteiger partial charge in [-0.2, -0.15) is 9.78 Å². The molecule has 2 aliphatic heterocycles. The van der Waals surface area contributed by atoms with E-state index >= 15 is 0 Å². The van der Waals surface area contributed by atoms with Crippen molar-refractivity contribution in [3.05, 3.63) is 35.2 Å². The first-order valence-electron chi connectivity index (χ1n) is 10.2. The lowest BCUT2D eigenvalue weighted by atomic mass is 10.1. The average Bonchev–Trinajstić information content (AvgIpc) is 3.57. The van der Waals surface area contributed by atoms with Crippen molar-refractivity contribution in [2.45, 2.75) is 13.5 Å². The maximum Gasteiger partial charge on any atom is 0.293 e. The molecule has 0 aliphatic carbocycles. The zero-order valence-corrected chi connectivity index (χ0v) is 17.7. The van der Waals surface area contributed by atoms with Gasteiger partial charge in [-0.1, -0.05) is 5.21 Å². The Hall–Kier alpha value is -4.04. The van der Waals surface area contributed by atoms with Gasteiger partial charge in [0.1, 0.15) is 0 Å². The Morgan fingerprint density at radius 2 is 2.03 bits per heavy atom. The van der Waals surface area contributed by atoms with Gasteiger partial charge in [-0.3, -0.25) is 9.69 Å². The van der Waals surface area contributed by atoms with Gasteiger partial charge in [0.15, 0.2) is 17.2 Å². The Kier molecular flexibility index (Phi) is 5.58. The number of carbonyl (C=O) groups is 1. The summed E-state index contributed by atoms with van der Waals surface area (Å²) in [7, 11) is 0. The van der Waals surface area contributed by atoms with Crippen LogP contribution in [0.25, 0.3) is 5.82 Å². The molecule has 1 fully saturated rings. The first-order valence-corrected chi connectivity index (χ1v) is 10.2. The van der Waals surface area contributed by atoms with Crippen LogP contribution in [0.2, 0.25) is 0 Å². The number of nitrogens with zero attached hydrogens (tertiary/aromatic N) is 7. The quantitative estimate of drug-likeness (QED) is 0.377. The predicted molar refractivity (Wildman–Crippen MR) is 112 cm³/mol. The van der Waals surface area contributed by atoms with Crippen LogP contribution in [0.1, 0.15) is 28.7 Å². The Morgan fingerprint density at radius 1 is 1.21 bits per heavy atom. The van der Waals surface area contributed by atoms with Crippen LogP contribution in [-0.2, 0) is 11.3 Å². The van der Waals surface area contributed by atoms with Crippen LogP contribution in [0.4, 0.5) is 5.82 Å². The lowest BCUT2D eigenvalue weighted by Gasteiger charge is -2.26. The molecule has 5 rings (SSSR count). The van der Waals surface area contributed by atoms with E-state index in [1.54, 1.807) is 19.1 Å². The molecule has 4 heterocycles. The fraction of sp³-hybridized carbons (Fsp3) is 0.368. The summed E-state index contributed by atoms with van der Waals surface area (Å²) in [4.78, 5) is 15.1. The van der Waals surface area contributed by atoms with Crippen molar-refractivity contribution in [2.24, 2.45) is 5.10 Å². The molecule has 1 saturated heterocycles. The molecule has 1 amide bonds. The second kappa shape index (κ2) is 8.84. The Labute approximate surface area is 187 Å². The number of carbonyl (C=O) groups excluding carboxylic acids is 1. The number of fused-ring (bicyclic) bond motifs is 1. The van der Waals surface area contributed by atoms with Crippen LogP contribution in [0.5, 0.6) is 11.5 Å². The maximum absolute atomic E-state index is 13.0. The summed E-state index contributed by atoms with van der Waals surface area (Å²) in [6.45, 7) is 4.89. The minimum Gasteiger partial charge on any atom is -0.454 e. The fourth-order valence-electron chi connectivity index (χ4n) is 3.47. The highest BCUT2D eigenvalue weighted by Gasteiger charge is 2.26. The number of hydrogen-bond acceptors (Lipinski definition) is 12. The van der Waals surface area contributed by atoms with Gasteiger partial charge in [0.05, 0.1) is 24.6 Å². The molecule has 0 saturated carbocycles. The number of aromatic nitrogens is 5. The summed E-state index contributed by atoms with van der Waals surface area (Å²) in [6, 6.07) is 5.42. The SMILES string of the molecule is C/C(=N\NC(=O)c1nnn(-c2nonc2N)c1CN1CCOCC1)c1ccc2c(c1)OCO2. The van der Waals surface area contributed by atoms with Crippen LogP contribution in [0, 0.1) is 0 Å². The molecule has 33 heavy (non-hydrogen) atoms. The van der Waals surface area contributed by atoms with Gasteiger partial charge in [-0.05, 0) is 35.4 Å². The van der Waals surface area contributed by atoms with Crippen molar-refractivity contribution in [3.63, 3.8) is 0 Å². The number of benzene rings is 1. The molecule has 2 aromatic heterocycles. The van der Waals surface area contributed by atoms with Gasteiger partial charge in [-0.25, -0.2) is 10.1 Å². The molecular weight excluding hydrogens is 434 g/mol. The zero-order valence-electron chi connectivity index (χ0n) is 17.7. The van der Waals surface area contributed by atoms with Gasteiger partial charge >= 0.3 is 0 Å². The van der Waals surface area contributed by atoms with E-state index in [-0.39, 0.29) is 24.1 Å². The van der Waals surface area contributed by atoms with Crippen molar-refractivity contribution in [3.8, 4) is 17.3 Å². The standard InChI is InChI=1S/C19H21N9O5/c1-11(12-2-3-14-15(8-12)32-10-31-14)21-23-19(29)16-13(9-27-4-6-30-7-5-27)28(26-22-16)18-17(20)24-33-25-18/h2-3,8H,4-7,9-10H2,1H3,(H2,20,24)(H,23,29)/b21-11+. The van der Waals surface area contributed by atoms with Gasteiger partial charge in [0.2, 0.25) is 18.4 Å². The number of nitrogens with two attached hydrogens (primary N) is 1. The highest BCUT2D eigenvalue weighted by Crippen LogP contribution is 2.32. The minimum atomic E-state index is -0.528. The number of rotatable bonds is 6. The lowest BCUT2D eigenvalue weighted by molar-refractivity contribution is 0.0332. The molecule has 3 N–H and O–H groups in total. The Balaban J connectivity index is 1.39. The molecule has 0 bridgehead atoms. The van der Waals surface area contributed by atoms with E-state index in [0.717, 1.165) is 5.56 Å². The molecule has 14 nitrogen and oxygen atoms in total. The molecule has 3 aromatic rings. The average molecular weight is 455 g/mol. The number of ether oxygens (including phenoxy) is 3. The third-order valence-corrected chi connectivity index (χ3v) is 5.27. The third kappa shape index (κ3) is 4.20. The number of nitrogen functional groups attached to an aromatic ring is 1. The molecule has 1 aromatic carbocycles. The molecule has 0 unspecified atom stereocenters. The maximum atomic E-state index is 13.0. The van der Waals surface area contributed by atoms with Crippen LogP contribution in [0.3, 0.4) is 0 Å². The van der Waals surface area contributed by atoms with E-state index in [4.69, 9.17) is 19.9 Å². The summed E-state index contributed by atoms with van der Waals surface area (Å²) in [5.74, 6) is 0.959. The third-order valence-electron chi connectivity index (χ3n) is 5.27. The summed E-state index contributed by atoms with van der Waals surface area (Å²) >= 11 is 0. The number of morpholine rings is 1. The van der Waals surface area contributed by atoms with Gasteiger partial charge in [0, 0.05) is 25.2 Å². The first kappa shape index (κ1) is 20.8. The molecule has 2 aliphatic rings. The van der Waals surface area contributed by atoms with Gasteiger partial charge < -0.3 is 19.9 Å². The van der Waals surface area contributed by atoms with Crippen molar-refractivity contribution in [1.82, 2.24) is 35.6 Å². The van der Waals surface area contributed by atoms with Crippen LogP contribution in [0.15, 0.2) is 27.9 Å². The Bertz CT molecular complexity index is 1200. The van der Waals surface area contributed by atoms with E-state index in [2.05, 4.69) is 40.7 Å². The summed E-state index contributed by atoms with van der Waals surface area (Å²) < 4.78 is 22.2. The predicted octanol–water partition coefficient (Wildman–Crippen LogP) is -0.0526. The first-order chi connectivity index (χ1) is 16.1. The van der Waals surface area contributed by atoms with Crippen molar-refractivity contribution in [1.29, 1.82) is 0 Å². The highest BCUT2D eigenvalue weighted by atomic mass is 16.7. The minimum absolute atomic E-state index is 0.0340. The number of hydrogen-bond donors (Lipinski definition) is 2. The number of anilines is 1. The summed E-state index contributed by atoms with van der Waals surface area (Å²) in [5.41, 5.74) is 10.3. The van der Waals surface area contributed by atoms with Crippen LogP contribution >= 0.6 is 0 Å². The molecule has 0 radical (unpaired) electrons. The highest BCUT2D eigenvalue weighted by molar-refractivity contribution is 6.01. The molecular formula is C19H21N9O5. The largest absolute Gasteiger partial charge is 0.454 e. The van der Waals surface area contributed by atoms with Crippen LogP contribution in [-0.4, -0.2) is 74.9 Å². The van der Waals surface area contributed by atoms with Crippen LogP contribution < -0.4 is 20.6 Å². The van der Waals surface area contributed by atoms with Crippen molar-refractivity contribution < 1.29 is 23.6 Å². The second-order valence-corrected chi connectivity index (χ2v) is 7.36. The van der Waals surface area contributed by atoms with Gasteiger partial charge in [0.25, 0.3) is 5.91 Å². The van der Waals surface area contributed by atoms with E-state index in [1.165, 1.54) is 4.68 Å². The summed E-state index contributed by atoms with van der Waals surface area (Å²) in [5, 5.41) is 19.7. The van der Waals surface area contributed by atoms with E-state index in [1.807, 2.05) is 6.07 Å². The van der Waals surface area contributed by atoms with E-state index < -0.39 is 5.91 Å². The number of nitrogens with one attached hydrogen (secondary N) is 1. The molecule has 0 spiro atoms. The normalized spacial score (nSPS) is 16.2. The topological polar surface area (TPSA) is 168 Å². The van der Waals surface area contributed by atoms with Crippen molar-refractivity contribution >= 4 is 17.4 Å². The number of amides is 1. The fourth-order valence-corrected chi connectivity index (χ4v) is 3.47. The molecule has 14 heteroatoms. The monoisotopic (exact) mass is 455 g/mol. The number of hydrazone groups is 1. The molecule has 172 valence electrons. The van der Waals surface area contributed by atoms with Crippen molar-refractivity contribution in [2.75, 3.05) is 38.8 Å². The van der Waals surface area contributed by atoms with Gasteiger partial charge in [-0.15, -0.1) is 5.10 Å². The summed E-state index contributed by atoms with van der Waals surface area (Å²) in [6.07, 6.45) is 0. The smallest absolute Gasteiger partial charge is 0.293 e. The van der Waals surface area contributed by atoms with E-state index in [9.17, 15) is 4.79 Å². The molecule has 0 atom stereocenters. The van der Waals surface area contributed by atoms with E-state index in [0.29, 0.717) is 55.8 Å². The lowest BCUT2D eigenvalue weighted by Crippen LogP contribution is -2.37. The Morgan fingerprint density at radius 3 is 2.82 bits per heavy atom.